The molecule has 0 aliphatic heterocycles. The molecular formula is C23H18F3N3O. The van der Waals surface area contributed by atoms with Crippen LogP contribution >= 0.6 is 0 Å². The van der Waals surface area contributed by atoms with Gasteiger partial charge in [0.25, 0.3) is 0 Å². The molecule has 0 aliphatic rings. The molecule has 0 N–H and O–H groups in total. The van der Waals surface area contributed by atoms with Crippen LogP contribution in [0.2, 0.25) is 0 Å². The lowest BCUT2D eigenvalue weighted by molar-refractivity contribution is -0.142. The molecule has 0 unspecified atom stereocenters. The lowest BCUT2D eigenvalue weighted by atomic mass is 10.0. The van der Waals surface area contributed by atoms with E-state index >= 15 is 0 Å². The zero-order valence-electron chi connectivity index (χ0n) is 15.9. The average Bonchev–Trinajstić information content (AvgIpc) is 3.16. The van der Waals surface area contributed by atoms with Crippen LogP contribution in [0.5, 0.6) is 5.75 Å². The van der Waals surface area contributed by atoms with Crippen molar-refractivity contribution >= 4 is 0 Å². The number of rotatable bonds is 6. The molecular weight excluding hydrogens is 391 g/mol. The highest BCUT2D eigenvalue weighted by Gasteiger charge is 2.29. The van der Waals surface area contributed by atoms with Gasteiger partial charge in [-0.25, -0.2) is 0 Å². The summed E-state index contributed by atoms with van der Waals surface area (Å²) in [5.74, 6) is 0.669. The van der Waals surface area contributed by atoms with Gasteiger partial charge in [0.05, 0.1) is 0 Å². The molecule has 0 aliphatic carbocycles. The van der Waals surface area contributed by atoms with Crippen LogP contribution in [0.1, 0.15) is 5.56 Å². The van der Waals surface area contributed by atoms with Gasteiger partial charge in [0.1, 0.15) is 24.6 Å². The molecule has 0 amide bonds. The highest BCUT2D eigenvalue weighted by molar-refractivity contribution is 5.80. The van der Waals surface area contributed by atoms with E-state index in [1.807, 2.05) is 30.3 Å². The monoisotopic (exact) mass is 409 g/mol. The summed E-state index contributed by atoms with van der Waals surface area (Å²) in [6.45, 7) is -0.716. The lowest BCUT2D eigenvalue weighted by Gasteiger charge is -2.08. The molecule has 4 nitrogen and oxygen atoms in total. The maximum Gasteiger partial charge on any atom is 0.408 e. The standard InChI is InChI=1S/C23H18F3N3O/c24-23(25,26)16-29-14-21(18-10-12-27-13-11-18)22(28-29)19-6-8-20(9-7-19)30-15-17-4-2-1-3-5-17/h1-14H,15-16H2. The molecule has 152 valence electrons. The van der Waals surface area contributed by atoms with Gasteiger partial charge in [-0.05, 0) is 47.5 Å². The van der Waals surface area contributed by atoms with Crippen molar-refractivity contribution in [1.82, 2.24) is 14.8 Å². The Labute approximate surface area is 171 Å². The van der Waals surface area contributed by atoms with Crippen molar-refractivity contribution in [2.45, 2.75) is 19.3 Å². The number of aromatic nitrogens is 3. The van der Waals surface area contributed by atoms with Gasteiger partial charge in [0.2, 0.25) is 0 Å². The molecule has 2 heterocycles. The van der Waals surface area contributed by atoms with Gasteiger partial charge in [0.15, 0.2) is 0 Å². The first-order valence-electron chi connectivity index (χ1n) is 9.30. The second kappa shape index (κ2) is 8.41. The smallest absolute Gasteiger partial charge is 0.408 e. The van der Waals surface area contributed by atoms with Gasteiger partial charge in [-0.2, -0.15) is 18.3 Å². The Morgan fingerprint density at radius 3 is 2.20 bits per heavy atom. The third-order valence-corrected chi connectivity index (χ3v) is 4.47. The molecule has 0 saturated heterocycles. The fourth-order valence-corrected chi connectivity index (χ4v) is 3.09. The molecule has 2 aromatic heterocycles. The lowest BCUT2D eigenvalue weighted by Crippen LogP contribution is -2.17. The predicted molar refractivity (Wildman–Crippen MR) is 108 cm³/mol. The molecule has 0 saturated carbocycles. The molecule has 2 aromatic carbocycles. The Morgan fingerprint density at radius 1 is 0.833 bits per heavy atom. The number of alkyl halides is 3. The largest absolute Gasteiger partial charge is 0.489 e. The van der Waals surface area contributed by atoms with E-state index in [9.17, 15) is 13.2 Å². The minimum Gasteiger partial charge on any atom is -0.489 e. The number of benzene rings is 2. The van der Waals surface area contributed by atoms with E-state index in [4.69, 9.17) is 4.74 Å². The molecule has 7 heteroatoms. The zero-order chi connectivity index (χ0) is 21.0. The van der Waals surface area contributed by atoms with Crippen LogP contribution in [-0.4, -0.2) is 20.9 Å². The van der Waals surface area contributed by atoms with Crippen LogP contribution in [-0.2, 0) is 13.2 Å². The summed E-state index contributed by atoms with van der Waals surface area (Å²) < 4.78 is 45.3. The van der Waals surface area contributed by atoms with Crippen LogP contribution in [0.4, 0.5) is 13.2 Å². The SMILES string of the molecule is FC(F)(F)Cn1cc(-c2ccncc2)c(-c2ccc(OCc3ccccc3)cc2)n1. The van der Waals surface area contributed by atoms with E-state index in [-0.39, 0.29) is 0 Å². The first kappa shape index (κ1) is 19.7. The molecule has 0 atom stereocenters. The predicted octanol–water partition coefficient (Wildman–Crippen LogP) is 5.75. The molecule has 0 spiro atoms. The quantitative estimate of drug-likeness (QED) is 0.407. The van der Waals surface area contributed by atoms with Crippen molar-refractivity contribution in [2.24, 2.45) is 0 Å². The Hall–Kier alpha value is -3.61. The number of hydrogen-bond donors (Lipinski definition) is 0. The van der Waals surface area contributed by atoms with Crippen LogP contribution in [0, 0.1) is 0 Å². The summed E-state index contributed by atoms with van der Waals surface area (Å²) in [6.07, 6.45) is 0.257. The number of pyridine rings is 1. The normalized spacial score (nSPS) is 11.4. The van der Waals surface area contributed by atoms with Crippen molar-refractivity contribution < 1.29 is 17.9 Å². The first-order chi connectivity index (χ1) is 14.5. The van der Waals surface area contributed by atoms with Crippen molar-refractivity contribution in [3.05, 3.63) is 90.9 Å². The van der Waals surface area contributed by atoms with Crippen molar-refractivity contribution in [3.63, 3.8) is 0 Å². The Bertz CT molecular complexity index is 1090. The van der Waals surface area contributed by atoms with Gasteiger partial charge in [0, 0.05) is 29.7 Å². The first-order valence-corrected chi connectivity index (χ1v) is 9.30. The van der Waals surface area contributed by atoms with Crippen molar-refractivity contribution in [3.8, 4) is 28.1 Å². The molecule has 4 rings (SSSR count). The summed E-state index contributed by atoms with van der Waals surface area (Å²) in [4.78, 5) is 3.97. The summed E-state index contributed by atoms with van der Waals surface area (Å²) >= 11 is 0. The summed E-state index contributed by atoms with van der Waals surface area (Å²) in [5, 5.41) is 4.20. The van der Waals surface area contributed by atoms with Crippen molar-refractivity contribution in [1.29, 1.82) is 0 Å². The van der Waals surface area contributed by atoms with E-state index in [0.717, 1.165) is 15.8 Å². The fourth-order valence-electron chi connectivity index (χ4n) is 3.09. The van der Waals surface area contributed by atoms with Crippen LogP contribution < -0.4 is 4.74 Å². The minimum absolute atomic E-state index is 0.433. The fraction of sp³-hybridized carbons (Fsp3) is 0.130. The number of ether oxygens (including phenoxy) is 1. The average molecular weight is 409 g/mol. The third-order valence-electron chi connectivity index (χ3n) is 4.47. The van der Waals surface area contributed by atoms with E-state index in [1.165, 1.54) is 6.20 Å². The maximum atomic E-state index is 12.9. The van der Waals surface area contributed by atoms with Crippen LogP contribution in [0.15, 0.2) is 85.3 Å². The van der Waals surface area contributed by atoms with E-state index in [1.54, 1.807) is 48.8 Å². The second-order valence-electron chi connectivity index (χ2n) is 6.74. The van der Waals surface area contributed by atoms with Gasteiger partial charge >= 0.3 is 6.18 Å². The van der Waals surface area contributed by atoms with Gasteiger partial charge in [-0.3, -0.25) is 9.67 Å². The molecule has 0 fully saturated rings. The Balaban J connectivity index is 1.60. The highest BCUT2D eigenvalue weighted by atomic mass is 19.4. The minimum atomic E-state index is -4.35. The topological polar surface area (TPSA) is 39.9 Å². The molecule has 30 heavy (non-hydrogen) atoms. The second-order valence-corrected chi connectivity index (χ2v) is 6.74. The van der Waals surface area contributed by atoms with E-state index in [0.29, 0.717) is 29.2 Å². The number of nitrogens with zero attached hydrogens (tertiary/aromatic N) is 3. The van der Waals surface area contributed by atoms with Gasteiger partial charge < -0.3 is 4.74 Å². The zero-order valence-corrected chi connectivity index (χ0v) is 15.9. The maximum absolute atomic E-state index is 12.9. The Morgan fingerprint density at radius 2 is 1.53 bits per heavy atom. The molecule has 4 aromatic rings. The van der Waals surface area contributed by atoms with Crippen LogP contribution in [0.3, 0.4) is 0 Å². The Kier molecular flexibility index (Phi) is 5.52. The summed E-state index contributed by atoms with van der Waals surface area (Å²) in [7, 11) is 0. The van der Waals surface area contributed by atoms with Crippen LogP contribution in [0.25, 0.3) is 22.4 Å². The number of hydrogen-bond acceptors (Lipinski definition) is 3. The van der Waals surface area contributed by atoms with E-state index in [2.05, 4.69) is 10.1 Å². The van der Waals surface area contributed by atoms with Gasteiger partial charge in [-0.1, -0.05) is 30.3 Å². The van der Waals surface area contributed by atoms with E-state index < -0.39 is 12.7 Å². The van der Waals surface area contributed by atoms with Crippen molar-refractivity contribution in [2.75, 3.05) is 0 Å². The molecule has 0 bridgehead atoms. The highest BCUT2D eigenvalue weighted by Crippen LogP contribution is 2.32. The van der Waals surface area contributed by atoms with Gasteiger partial charge in [-0.15, -0.1) is 0 Å². The third kappa shape index (κ3) is 4.86. The molecule has 0 radical (unpaired) electrons. The summed E-state index contributed by atoms with van der Waals surface area (Å²) in [5.41, 5.74) is 3.58. The number of halogens is 3. The summed E-state index contributed by atoms with van der Waals surface area (Å²) in [6, 6.07) is 20.4.